The molecule has 1 heterocycles. The molecule has 0 radical (unpaired) electrons. The summed E-state index contributed by atoms with van der Waals surface area (Å²) >= 11 is 8.44. The molecular weight excluding hydrogens is 351 g/mol. The summed E-state index contributed by atoms with van der Waals surface area (Å²) in [4.78, 5) is 0. The van der Waals surface area contributed by atoms with Crippen molar-refractivity contribution in [1.82, 2.24) is 9.78 Å². The molecular formula is C16H13FN2OS3. The molecule has 3 rings (SSSR count). The van der Waals surface area contributed by atoms with Gasteiger partial charge in [0.1, 0.15) is 11.6 Å². The summed E-state index contributed by atoms with van der Waals surface area (Å²) in [7, 11) is 0. The van der Waals surface area contributed by atoms with Crippen LogP contribution in [0.5, 0.6) is 5.75 Å². The van der Waals surface area contributed by atoms with Crippen molar-refractivity contribution in [3.8, 4) is 11.4 Å². The van der Waals surface area contributed by atoms with E-state index in [4.69, 9.17) is 17.0 Å². The third-order valence-corrected chi connectivity index (χ3v) is 5.25. The second-order valence-electron chi connectivity index (χ2n) is 4.53. The number of rotatable bonds is 6. The molecule has 3 aromatic rings. The Morgan fingerprint density at radius 3 is 2.61 bits per heavy atom. The van der Waals surface area contributed by atoms with Crippen molar-refractivity contribution in [2.45, 2.75) is 4.34 Å². The molecule has 0 fully saturated rings. The van der Waals surface area contributed by atoms with Gasteiger partial charge in [0.05, 0.1) is 12.3 Å². The molecule has 0 saturated heterocycles. The lowest BCUT2D eigenvalue weighted by Crippen LogP contribution is -2.00. The van der Waals surface area contributed by atoms with Crippen molar-refractivity contribution >= 4 is 35.3 Å². The van der Waals surface area contributed by atoms with E-state index in [0.29, 0.717) is 12.4 Å². The van der Waals surface area contributed by atoms with Gasteiger partial charge in [-0.15, -0.1) is 5.10 Å². The summed E-state index contributed by atoms with van der Waals surface area (Å²) < 4.78 is 21.8. The van der Waals surface area contributed by atoms with Crippen molar-refractivity contribution in [3.05, 3.63) is 64.4 Å². The molecule has 0 saturated carbocycles. The second-order valence-corrected chi connectivity index (χ2v) is 7.50. The number of hydrogen-bond donors (Lipinski definition) is 0. The quantitative estimate of drug-likeness (QED) is 0.350. The first-order chi connectivity index (χ1) is 11.2. The maximum absolute atomic E-state index is 12.8. The van der Waals surface area contributed by atoms with Crippen LogP contribution in [0.25, 0.3) is 5.69 Å². The molecule has 0 unspecified atom stereocenters. The number of ether oxygens (including phenoxy) is 1. The molecule has 0 amide bonds. The fourth-order valence-corrected chi connectivity index (χ4v) is 4.12. The van der Waals surface area contributed by atoms with Gasteiger partial charge in [0, 0.05) is 5.75 Å². The van der Waals surface area contributed by atoms with Crippen LogP contribution in [-0.2, 0) is 0 Å². The molecule has 0 aliphatic heterocycles. The zero-order valence-corrected chi connectivity index (χ0v) is 14.5. The SMILES string of the molecule is Fc1ccc(OCCSc2nn(-c3ccccc3)c(=S)s2)cc1. The van der Waals surface area contributed by atoms with Crippen LogP contribution >= 0.6 is 35.3 Å². The Kier molecular flexibility index (Phi) is 5.43. The maximum atomic E-state index is 12.8. The Bertz CT molecular complexity index is 815. The largest absolute Gasteiger partial charge is 0.493 e. The van der Waals surface area contributed by atoms with E-state index in [1.54, 1.807) is 28.6 Å². The smallest absolute Gasteiger partial charge is 0.184 e. The molecule has 0 aliphatic rings. The standard InChI is InChI=1S/C16H13FN2OS3/c17-12-6-8-14(9-7-12)20-10-11-22-15-18-19(16(21)23-15)13-4-2-1-3-5-13/h1-9H,10-11H2. The number of aromatic nitrogens is 2. The average Bonchev–Trinajstić information content (AvgIpc) is 2.95. The van der Waals surface area contributed by atoms with Crippen molar-refractivity contribution < 1.29 is 9.13 Å². The Balaban J connectivity index is 1.55. The van der Waals surface area contributed by atoms with E-state index < -0.39 is 0 Å². The highest BCUT2D eigenvalue weighted by atomic mass is 32.2. The highest BCUT2D eigenvalue weighted by Gasteiger charge is 2.06. The van der Waals surface area contributed by atoms with Gasteiger partial charge in [-0.05, 0) is 48.6 Å². The minimum Gasteiger partial charge on any atom is -0.493 e. The normalized spacial score (nSPS) is 10.7. The molecule has 1 aromatic heterocycles. The van der Waals surface area contributed by atoms with Crippen molar-refractivity contribution in [2.75, 3.05) is 12.4 Å². The number of para-hydroxylation sites is 1. The van der Waals surface area contributed by atoms with E-state index in [1.807, 2.05) is 30.3 Å². The summed E-state index contributed by atoms with van der Waals surface area (Å²) in [5, 5.41) is 4.53. The van der Waals surface area contributed by atoms with Gasteiger partial charge in [-0.25, -0.2) is 9.07 Å². The molecule has 23 heavy (non-hydrogen) atoms. The van der Waals surface area contributed by atoms with E-state index in [9.17, 15) is 4.39 Å². The van der Waals surface area contributed by atoms with Gasteiger partial charge in [0.15, 0.2) is 8.29 Å². The lowest BCUT2D eigenvalue weighted by molar-refractivity contribution is 0.343. The number of hydrogen-bond acceptors (Lipinski definition) is 5. The minimum atomic E-state index is -0.266. The van der Waals surface area contributed by atoms with E-state index in [-0.39, 0.29) is 5.82 Å². The lowest BCUT2D eigenvalue weighted by Gasteiger charge is -2.04. The van der Waals surface area contributed by atoms with E-state index in [0.717, 1.165) is 19.7 Å². The van der Waals surface area contributed by atoms with Crippen LogP contribution in [0.4, 0.5) is 4.39 Å². The number of halogens is 1. The lowest BCUT2D eigenvalue weighted by atomic mass is 10.3. The molecule has 118 valence electrons. The van der Waals surface area contributed by atoms with Crippen LogP contribution in [0.15, 0.2) is 58.9 Å². The molecule has 2 aromatic carbocycles. The Morgan fingerprint density at radius 1 is 1.13 bits per heavy atom. The summed E-state index contributed by atoms with van der Waals surface area (Å²) in [6.07, 6.45) is 0. The Morgan fingerprint density at radius 2 is 1.87 bits per heavy atom. The zero-order chi connectivity index (χ0) is 16.1. The number of thioether (sulfide) groups is 1. The van der Waals surface area contributed by atoms with Gasteiger partial charge in [0.2, 0.25) is 0 Å². The average molecular weight is 364 g/mol. The molecule has 0 N–H and O–H groups in total. The van der Waals surface area contributed by atoms with Gasteiger partial charge >= 0.3 is 0 Å². The van der Waals surface area contributed by atoms with E-state index in [1.165, 1.54) is 23.5 Å². The van der Waals surface area contributed by atoms with Gasteiger partial charge < -0.3 is 4.74 Å². The first-order valence-electron chi connectivity index (χ1n) is 6.89. The first-order valence-corrected chi connectivity index (χ1v) is 9.10. The highest BCUT2D eigenvalue weighted by molar-refractivity contribution is 8.01. The summed E-state index contributed by atoms with van der Waals surface area (Å²) in [6.45, 7) is 0.522. The van der Waals surface area contributed by atoms with E-state index in [2.05, 4.69) is 5.10 Å². The zero-order valence-electron chi connectivity index (χ0n) is 12.0. The summed E-state index contributed by atoms with van der Waals surface area (Å²) in [6, 6.07) is 15.8. The Labute approximate surface area is 146 Å². The minimum absolute atomic E-state index is 0.266. The molecule has 3 nitrogen and oxygen atoms in total. The summed E-state index contributed by atoms with van der Waals surface area (Å²) in [5.41, 5.74) is 0.961. The topological polar surface area (TPSA) is 27.1 Å². The highest BCUT2D eigenvalue weighted by Crippen LogP contribution is 2.24. The van der Waals surface area contributed by atoms with Gasteiger partial charge in [-0.2, -0.15) is 0 Å². The number of nitrogens with zero attached hydrogens (tertiary/aromatic N) is 2. The van der Waals surface area contributed by atoms with Gasteiger partial charge in [0.25, 0.3) is 0 Å². The number of benzene rings is 2. The Hall–Kier alpha value is -1.70. The van der Waals surface area contributed by atoms with Crippen LogP contribution in [0.3, 0.4) is 0 Å². The van der Waals surface area contributed by atoms with Crippen molar-refractivity contribution in [2.24, 2.45) is 0 Å². The van der Waals surface area contributed by atoms with Crippen LogP contribution in [0.2, 0.25) is 0 Å². The monoisotopic (exact) mass is 364 g/mol. The maximum Gasteiger partial charge on any atom is 0.184 e. The van der Waals surface area contributed by atoms with Crippen LogP contribution in [0, 0.1) is 9.77 Å². The molecule has 7 heteroatoms. The first kappa shape index (κ1) is 16.2. The predicted molar refractivity (Wildman–Crippen MR) is 94.9 cm³/mol. The second kappa shape index (κ2) is 7.72. The van der Waals surface area contributed by atoms with Crippen molar-refractivity contribution in [3.63, 3.8) is 0 Å². The molecule has 0 aliphatic carbocycles. The predicted octanol–water partition coefficient (Wildman–Crippen LogP) is 4.97. The fourth-order valence-electron chi connectivity index (χ4n) is 1.87. The molecule has 0 bridgehead atoms. The van der Waals surface area contributed by atoms with Crippen LogP contribution in [0.1, 0.15) is 0 Å². The third-order valence-electron chi connectivity index (χ3n) is 2.92. The van der Waals surface area contributed by atoms with E-state index >= 15 is 0 Å². The van der Waals surface area contributed by atoms with Crippen LogP contribution in [-0.4, -0.2) is 22.1 Å². The third kappa shape index (κ3) is 4.40. The molecule has 0 spiro atoms. The molecule has 0 atom stereocenters. The fraction of sp³-hybridized carbons (Fsp3) is 0.125. The summed E-state index contributed by atoms with van der Waals surface area (Å²) in [5.74, 6) is 1.14. The van der Waals surface area contributed by atoms with Gasteiger partial charge in [-0.1, -0.05) is 41.3 Å². The van der Waals surface area contributed by atoms with Gasteiger partial charge in [-0.3, -0.25) is 0 Å². The van der Waals surface area contributed by atoms with Crippen molar-refractivity contribution in [1.29, 1.82) is 0 Å². The van der Waals surface area contributed by atoms with Crippen LogP contribution < -0.4 is 4.74 Å².